The van der Waals surface area contributed by atoms with Crippen LogP contribution >= 0.6 is 38.0 Å². The van der Waals surface area contributed by atoms with Gasteiger partial charge in [0.1, 0.15) is 0 Å². The number of hydrogen-bond donors (Lipinski definition) is 0. The monoisotopic (exact) mass is 393 g/mol. The summed E-state index contributed by atoms with van der Waals surface area (Å²) in [4.78, 5) is 0. The van der Waals surface area contributed by atoms with Crippen LogP contribution in [0.2, 0.25) is 0 Å². The zero-order valence-corrected chi connectivity index (χ0v) is 15.6. The molecule has 2 nitrogen and oxygen atoms in total. The first-order valence-corrected chi connectivity index (χ1v) is 12.9. The summed E-state index contributed by atoms with van der Waals surface area (Å²) in [5.41, 5.74) is 1.91. The fourth-order valence-electron chi connectivity index (χ4n) is 3.74. The predicted molar refractivity (Wildman–Crippen MR) is 103 cm³/mol. The Morgan fingerprint density at radius 1 is 0.583 bits per heavy atom. The Morgan fingerprint density at radius 2 is 1.08 bits per heavy atom. The van der Waals surface area contributed by atoms with Crippen LogP contribution in [0.3, 0.4) is 0 Å². The number of hydrogen-bond acceptors (Lipinski definition) is 0. The molecule has 0 amide bonds. The summed E-state index contributed by atoms with van der Waals surface area (Å²) in [6.45, 7) is 0. The van der Waals surface area contributed by atoms with Crippen molar-refractivity contribution in [1.82, 2.24) is 0 Å². The van der Waals surface area contributed by atoms with E-state index < -0.39 is 4.30 Å². The van der Waals surface area contributed by atoms with E-state index in [1.54, 1.807) is 0 Å². The summed E-state index contributed by atoms with van der Waals surface area (Å²) >= 11 is 22.2. The van der Waals surface area contributed by atoms with Crippen LogP contribution in [0.15, 0.2) is 79.1 Å². The fraction of sp³-hybridized carbons (Fsp3) is 0. The molecule has 2 aromatic heterocycles. The molecule has 4 aromatic rings. The molecule has 0 spiro atoms. The van der Waals surface area contributed by atoms with Gasteiger partial charge < -0.3 is 0 Å². The van der Waals surface area contributed by atoms with Crippen molar-refractivity contribution in [2.75, 3.05) is 0 Å². The van der Waals surface area contributed by atoms with Crippen LogP contribution < -0.4 is 14.0 Å². The number of rotatable bonds is 1. The molecule has 5 rings (SSSR count). The Morgan fingerprint density at radius 3 is 1.58 bits per heavy atom. The Bertz CT molecular complexity index is 1110. The molecule has 0 unspecified atom stereocenters. The molecule has 0 saturated carbocycles. The molecule has 1 aliphatic rings. The summed E-state index contributed by atoms with van der Waals surface area (Å²) in [6, 6.07) is 21.6. The van der Waals surface area contributed by atoms with Gasteiger partial charge in [0.25, 0.3) is 0 Å². The summed E-state index contributed by atoms with van der Waals surface area (Å²) in [5, 5.41) is 2.80. The molecule has 0 bridgehead atoms. The molecule has 0 aliphatic carbocycles. The molecular formula is C18H13Cl3N2P+. The Labute approximate surface area is 152 Å². The number of aromatic nitrogens is 2. The van der Waals surface area contributed by atoms with E-state index in [2.05, 4.69) is 12.1 Å². The third kappa shape index (κ3) is 1.45. The van der Waals surface area contributed by atoms with Gasteiger partial charge in [0.05, 0.1) is 0 Å². The first kappa shape index (κ1) is 14.9. The van der Waals surface area contributed by atoms with Crippen molar-refractivity contribution in [1.29, 1.82) is 0 Å². The van der Waals surface area contributed by atoms with E-state index in [4.69, 9.17) is 33.7 Å². The van der Waals surface area contributed by atoms with Crippen molar-refractivity contribution in [2.45, 2.75) is 0 Å². The molecular weight excluding hydrogens is 382 g/mol. The molecule has 0 N–H and O–H groups in total. The van der Waals surface area contributed by atoms with Crippen molar-refractivity contribution in [3.8, 4) is 0 Å². The van der Waals surface area contributed by atoms with E-state index in [1.807, 2.05) is 75.7 Å². The van der Waals surface area contributed by atoms with Crippen molar-refractivity contribution in [3.05, 3.63) is 79.1 Å². The maximum atomic E-state index is 7.41. The van der Waals surface area contributed by atoms with E-state index >= 15 is 0 Å². The van der Waals surface area contributed by atoms with Crippen molar-refractivity contribution in [3.63, 3.8) is 0 Å². The zero-order valence-electron chi connectivity index (χ0n) is 12.5. The average molecular weight is 395 g/mol. The molecule has 0 atom stereocenters. The van der Waals surface area contributed by atoms with E-state index in [9.17, 15) is 0 Å². The van der Waals surface area contributed by atoms with Gasteiger partial charge in [-0.1, -0.05) is 0 Å². The van der Waals surface area contributed by atoms with Crippen LogP contribution in [0.1, 0.15) is 0 Å². The van der Waals surface area contributed by atoms with Gasteiger partial charge in [-0.05, 0) is 0 Å². The molecule has 1 aliphatic heterocycles. The fourth-order valence-corrected chi connectivity index (χ4v) is 10.5. The molecule has 120 valence electrons. The van der Waals surface area contributed by atoms with Crippen LogP contribution in [-0.2, 0) is 0 Å². The minimum absolute atomic E-state index is 0.693. The van der Waals surface area contributed by atoms with Gasteiger partial charge in [-0.2, -0.15) is 0 Å². The first-order valence-electron chi connectivity index (χ1n) is 7.58. The number of benzene rings is 2. The first-order chi connectivity index (χ1) is 11.4. The van der Waals surface area contributed by atoms with Crippen LogP contribution in [0.25, 0.3) is 21.8 Å². The Balaban J connectivity index is 2.16. The predicted octanol–water partition coefficient (Wildman–Crippen LogP) is 4.98. The van der Waals surface area contributed by atoms with E-state index in [0.29, 0.717) is 5.30 Å². The molecule has 0 radical (unpaired) electrons. The quantitative estimate of drug-likeness (QED) is 0.318. The second kappa shape index (κ2) is 4.03. The Kier molecular flexibility index (Phi) is 2.50. The second-order valence-corrected chi connectivity index (χ2v) is 18.8. The third-order valence-corrected chi connectivity index (χ3v) is 13.3. The van der Waals surface area contributed by atoms with Crippen LogP contribution in [0.5, 0.6) is 0 Å². The van der Waals surface area contributed by atoms with Crippen LogP contribution in [-0.4, -0.2) is 0 Å². The number of nitrogens with zero attached hydrogens (tertiary/aromatic N) is 2. The summed E-state index contributed by atoms with van der Waals surface area (Å²) in [6.07, 6.45) is 3.76. The van der Waals surface area contributed by atoms with Crippen LogP contribution in [0, 0.1) is 0 Å². The molecule has 3 heterocycles. The standard InChI is InChI=1S/C18H13Cl3N2P/c19-24(20,21,16-8-2-1-3-9-16)22-12-4-6-14-10-11-15-7-5-13-23(24)18(15)17(14)22/h1-13H/q+1. The maximum absolute atomic E-state index is 7.41. The molecule has 0 saturated heterocycles. The van der Waals surface area contributed by atoms with Crippen molar-refractivity contribution < 1.29 is 8.68 Å². The summed E-state index contributed by atoms with van der Waals surface area (Å²) in [5.74, 6) is 0. The summed E-state index contributed by atoms with van der Waals surface area (Å²) in [7, 11) is 0. The number of pyridine rings is 2. The molecule has 24 heavy (non-hydrogen) atoms. The number of halogens is 3. The zero-order chi connectivity index (χ0) is 16.6. The van der Waals surface area contributed by atoms with Crippen molar-refractivity contribution in [2.24, 2.45) is 0 Å². The van der Waals surface area contributed by atoms with Gasteiger partial charge in [-0.25, -0.2) is 0 Å². The topological polar surface area (TPSA) is 7.76 Å². The van der Waals surface area contributed by atoms with Gasteiger partial charge in [0, 0.05) is 0 Å². The SMILES string of the molecule is Cl[P-]1(Cl)(Cl)(c2ccccc2)[n+]2cccc3ccc4ccc[n+]1c4c32. The normalized spacial score (nSPS) is 22.0. The molecule has 0 fully saturated rings. The Hall–Kier alpha value is -1.44. The second-order valence-electron chi connectivity index (χ2n) is 6.17. The average Bonchev–Trinajstić information content (AvgIpc) is 2.79. The van der Waals surface area contributed by atoms with E-state index in [0.717, 1.165) is 21.8 Å². The summed E-state index contributed by atoms with van der Waals surface area (Å²) < 4.78 is -1.10. The van der Waals surface area contributed by atoms with Crippen molar-refractivity contribution >= 4 is 65.1 Å². The molecule has 2 aromatic carbocycles. The van der Waals surface area contributed by atoms with Gasteiger partial charge >= 0.3 is 153 Å². The third-order valence-electron chi connectivity index (χ3n) is 4.85. The van der Waals surface area contributed by atoms with E-state index in [1.165, 1.54) is 0 Å². The minimum atomic E-state index is -4.86. The van der Waals surface area contributed by atoms with Gasteiger partial charge in [0.2, 0.25) is 0 Å². The molecule has 6 heteroatoms. The van der Waals surface area contributed by atoms with Gasteiger partial charge in [0.15, 0.2) is 0 Å². The van der Waals surface area contributed by atoms with E-state index in [-0.39, 0.29) is 0 Å². The van der Waals surface area contributed by atoms with Gasteiger partial charge in [-0.15, -0.1) is 0 Å². The van der Waals surface area contributed by atoms with Crippen LogP contribution in [0.4, 0.5) is 0 Å². The van der Waals surface area contributed by atoms with Gasteiger partial charge in [-0.3, -0.25) is 0 Å².